The summed E-state index contributed by atoms with van der Waals surface area (Å²) in [6.45, 7) is 5.60. The molecule has 156 valence electrons. The number of amides is 1. The number of aromatic nitrogens is 1. The lowest BCUT2D eigenvalue weighted by atomic mass is 9.92. The maximum atomic E-state index is 12.6. The van der Waals surface area contributed by atoms with Crippen molar-refractivity contribution in [2.45, 2.75) is 51.3 Å². The molecule has 4 rings (SSSR count). The lowest BCUT2D eigenvalue weighted by Crippen LogP contribution is -2.35. The molecular formula is C24H27N3O2S. The van der Waals surface area contributed by atoms with Gasteiger partial charge in [-0.1, -0.05) is 48.6 Å². The Morgan fingerprint density at radius 1 is 1.33 bits per heavy atom. The molecule has 1 aliphatic heterocycles. The number of carbonyl (C=O) groups excluding carboxylic acids is 1. The smallest absolute Gasteiger partial charge is 0.408 e. The van der Waals surface area contributed by atoms with Gasteiger partial charge in [0.05, 0.1) is 17.8 Å². The zero-order valence-corrected chi connectivity index (χ0v) is 18.3. The van der Waals surface area contributed by atoms with Crippen molar-refractivity contribution in [3.8, 4) is 11.3 Å². The van der Waals surface area contributed by atoms with Gasteiger partial charge in [0, 0.05) is 23.6 Å². The van der Waals surface area contributed by atoms with Crippen molar-refractivity contribution in [2.24, 2.45) is 0 Å². The number of allylic oxidation sites excluding steroid dienone is 2. The molecule has 6 heteroatoms. The molecule has 2 aromatic rings. The summed E-state index contributed by atoms with van der Waals surface area (Å²) in [5.41, 5.74) is 3.92. The first-order chi connectivity index (χ1) is 14.4. The van der Waals surface area contributed by atoms with E-state index in [4.69, 9.17) is 9.72 Å². The monoisotopic (exact) mass is 421 g/mol. The van der Waals surface area contributed by atoms with Crippen molar-refractivity contribution in [1.82, 2.24) is 15.6 Å². The summed E-state index contributed by atoms with van der Waals surface area (Å²) in [7, 11) is 0. The van der Waals surface area contributed by atoms with Gasteiger partial charge < -0.3 is 15.4 Å². The van der Waals surface area contributed by atoms with Gasteiger partial charge in [0.1, 0.15) is 10.6 Å². The van der Waals surface area contributed by atoms with Crippen LogP contribution in [-0.4, -0.2) is 22.7 Å². The Morgan fingerprint density at radius 3 is 2.90 bits per heavy atom. The van der Waals surface area contributed by atoms with Crippen LogP contribution in [0.4, 0.5) is 4.79 Å². The number of nitrogens with zero attached hydrogens (tertiary/aromatic N) is 1. The van der Waals surface area contributed by atoms with E-state index < -0.39 is 11.7 Å². The summed E-state index contributed by atoms with van der Waals surface area (Å²) in [5, 5.41) is 9.41. The maximum absolute atomic E-state index is 12.6. The molecule has 1 amide bonds. The molecule has 2 heterocycles. The number of benzene rings is 1. The van der Waals surface area contributed by atoms with Crippen LogP contribution < -0.4 is 10.6 Å². The second kappa shape index (κ2) is 8.48. The van der Waals surface area contributed by atoms with E-state index in [0.29, 0.717) is 12.5 Å². The molecule has 30 heavy (non-hydrogen) atoms. The van der Waals surface area contributed by atoms with Crippen LogP contribution in [-0.2, 0) is 4.74 Å². The minimum Gasteiger partial charge on any atom is -0.444 e. The van der Waals surface area contributed by atoms with Crippen LogP contribution in [0.15, 0.2) is 71.3 Å². The Morgan fingerprint density at radius 2 is 2.13 bits per heavy atom. The molecule has 0 fully saturated rings. The van der Waals surface area contributed by atoms with Gasteiger partial charge >= 0.3 is 6.09 Å². The van der Waals surface area contributed by atoms with Crippen molar-refractivity contribution in [3.63, 3.8) is 0 Å². The highest BCUT2D eigenvalue weighted by Crippen LogP contribution is 2.35. The van der Waals surface area contributed by atoms with Crippen LogP contribution in [0.1, 0.15) is 44.7 Å². The molecule has 1 aromatic heterocycles. The lowest BCUT2D eigenvalue weighted by molar-refractivity contribution is 0.0503. The summed E-state index contributed by atoms with van der Waals surface area (Å²) in [6, 6.07) is 10.1. The first-order valence-corrected chi connectivity index (χ1v) is 11.1. The number of fused-ring (bicyclic) bond motifs is 1. The number of thiazole rings is 1. The third-order valence-electron chi connectivity index (χ3n) is 4.99. The number of hydrogen-bond donors (Lipinski definition) is 2. The second-order valence-electron chi connectivity index (χ2n) is 8.51. The molecule has 0 saturated carbocycles. The highest BCUT2D eigenvalue weighted by Gasteiger charge is 2.29. The Balaban J connectivity index is 1.58. The van der Waals surface area contributed by atoms with Gasteiger partial charge in [0.15, 0.2) is 0 Å². The van der Waals surface area contributed by atoms with Gasteiger partial charge in [-0.05, 0) is 38.3 Å². The summed E-state index contributed by atoms with van der Waals surface area (Å²) in [4.78, 5) is 17.4. The molecule has 0 saturated heterocycles. The van der Waals surface area contributed by atoms with E-state index in [1.165, 1.54) is 11.1 Å². The quantitative estimate of drug-likeness (QED) is 0.668. The van der Waals surface area contributed by atoms with Crippen molar-refractivity contribution < 1.29 is 9.53 Å². The predicted octanol–water partition coefficient (Wildman–Crippen LogP) is 5.51. The largest absolute Gasteiger partial charge is 0.444 e. The molecule has 2 aliphatic rings. The number of alkyl carbamates (subject to hydrolysis) is 1. The Kier molecular flexibility index (Phi) is 5.77. The van der Waals surface area contributed by atoms with Crippen LogP contribution in [0.3, 0.4) is 0 Å². The van der Waals surface area contributed by atoms with E-state index in [9.17, 15) is 4.79 Å². The van der Waals surface area contributed by atoms with Crippen molar-refractivity contribution in [2.75, 3.05) is 0 Å². The van der Waals surface area contributed by atoms with E-state index in [1.54, 1.807) is 11.3 Å². The van der Waals surface area contributed by atoms with Crippen molar-refractivity contribution >= 4 is 17.4 Å². The highest BCUT2D eigenvalue weighted by atomic mass is 32.1. The van der Waals surface area contributed by atoms with Gasteiger partial charge in [0.25, 0.3) is 0 Å². The highest BCUT2D eigenvalue weighted by molar-refractivity contribution is 7.10. The normalized spacial score (nSPS) is 18.7. The minimum absolute atomic E-state index is 0.263. The van der Waals surface area contributed by atoms with Gasteiger partial charge in [0.2, 0.25) is 0 Å². The molecule has 0 spiro atoms. The summed E-state index contributed by atoms with van der Waals surface area (Å²) in [5.74, 6) is 0. The zero-order valence-electron chi connectivity index (χ0n) is 17.5. The van der Waals surface area contributed by atoms with Gasteiger partial charge in [-0.15, -0.1) is 11.3 Å². The van der Waals surface area contributed by atoms with E-state index in [0.717, 1.165) is 22.7 Å². The Bertz CT molecular complexity index is 999. The van der Waals surface area contributed by atoms with Crippen LogP contribution in [0, 0.1) is 0 Å². The summed E-state index contributed by atoms with van der Waals surface area (Å²) >= 11 is 1.56. The summed E-state index contributed by atoms with van der Waals surface area (Å²) < 4.78 is 5.52. The second-order valence-corrected chi connectivity index (χ2v) is 9.40. The maximum Gasteiger partial charge on any atom is 0.408 e. The molecule has 1 aliphatic carbocycles. The molecular weight excluding hydrogens is 394 g/mol. The van der Waals surface area contributed by atoms with Crippen LogP contribution in [0.2, 0.25) is 0 Å². The van der Waals surface area contributed by atoms with Crippen LogP contribution in [0.25, 0.3) is 11.3 Å². The molecule has 0 radical (unpaired) electrons. The lowest BCUT2D eigenvalue weighted by Gasteiger charge is -2.24. The third kappa shape index (κ3) is 4.82. The first kappa shape index (κ1) is 20.4. The average Bonchev–Trinajstić information content (AvgIpc) is 3.35. The van der Waals surface area contributed by atoms with Crippen molar-refractivity contribution in [3.05, 3.63) is 76.3 Å². The molecule has 1 aromatic carbocycles. The molecule has 0 bridgehead atoms. The first-order valence-electron chi connectivity index (χ1n) is 10.2. The molecule has 2 atom stereocenters. The van der Waals surface area contributed by atoms with E-state index in [1.807, 2.05) is 56.5 Å². The third-order valence-corrected chi connectivity index (χ3v) is 5.95. The Hall–Kier alpha value is -2.86. The fourth-order valence-corrected chi connectivity index (χ4v) is 4.52. The number of rotatable bonds is 5. The van der Waals surface area contributed by atoms with E-state index in [-0.39, 0.29) is 6.04 Å². The van der Waals surface area contributed by atoms with Crippen LogP contribution >= 0.6 is 11.3 Å². The predicted molar refractivity (Wildman–Crippen MR) is 121 cm³/mol. The SMILES string of the molecule is CC(C)(C)OC(=O)N[C@H](CC1=CNC2CC=CC=C12)c1nc(-c2ccccc2)cs1. The molecule has 5 nitrogen and oxygen atoms in total. The van der Waals surface area contributed by atoms with E-state index in [2.05, 4.69) is 35.1 Å². The number of ether oxygens (including phenoxy) is 1. The van der Waals surface area contributed by atoms with Gasteiger partial charge in [-0.25, -0.2) is 9.78 Å². The fourth-order valence-electron chi connectivity index (χ4n) is 3.64. The standard InChI is InChI=1S/C24H27N3O2S/c1-24(2,3)29-23(28)27-20(13-17-14-25-19-12-8-7-11-18(17)19)22-26-21(15-30-22)16-9-5-4-6-10-16/h4-11,14-15,19-20,25H,12-13H2,1-3H3,(H,27,28)/t19?,20-/m1/s1. The van der Waals surface area contributed by atoms with Crippen molar-refractivity contribution in [1.29, 1.82) is 0 Å². The fraction of sp³-hybridized carbons (Fsp3) is 0.333. The Labute approximate surface area is 181 Å². The van der Waals surface area contributed by atoms with Gasteiger partial charge in [-0.3, -0.25) is 0 Å². The molecule has 1 unspecified atom stereocenters. The molecule has 2 N–H and O–H groups in total. The number of hydrogen-bond acceptors (Lipinski definition) is 5. The van der Waals surface area contributed by atoms with Gasteiger partial charge in [-0.2, -0.15) is 0 Å². The van der Waals surface area contributed by atoms with E-state index >= 15 is 0 Å². The summed E-state index contributed by atoms with van der Waals surface area (Å²) in [6.07, 6.45) is 9.70. The van der Waals surface area contributed by atoms with Crippen LogP contribution in [0.5, 0.6) is 0 Å². The number of carbonyl (C=O) groups is 1. The minimum atomic E-state index is -0.553. The number of nitrogens with one attached hydrogen (secondary N) is 2. The zero-order chi connectivity index (χ0) is 21.1. The average molecular weight is 422 g/mol. The topological polar surface area (TPSA) is 63.2 Å².